The van der Waals surface area contributed by atoms with Crippen LogP contribution in [0.5, 0.6) is 0 Å². The van der Waals surface area contributed by atoms with Crippen LogP contribution in [0.2, 0.25) is 0 Å². The van der Waals surface area contributed by atoms with E-state index in [0.29, 0.717) is 25.5 Å². The number of aliphatic hydroxyl groups is 1. The molecule has 18 heavy (non-hydrogen) atoms. The fourth-order valence-corrected chi connectivity index (χ4v) is 1.65. The van der Waals surface area contributed by atoms with E-state index in [-0.39, 0.29) is 0 Å². The van der Waals surface area contributed by atoms with Gasteiger partial charge in [0.1, 0.15) is 5.76 Å². The molecule has 0 spiro atoms. The van der Waals surface area contributed by atoms with Gasteiger partial charge in [-0.05, 0) is 19.9 Å². The number of aliphatic hydroxyl groups excluding tert-OH is 1. The van der Waals surface area contributed by atoms with E-state index in [0.717, 1.165) is 11.5 Å². The van der Waals surface area contributed by atoms with Gasteiger partial charge in [-0.3, -0.25) is 4.68 Å². The lowest BCUT2D eigenvalue weighted by Gasteiger charge is -2.10. The maximum absolute atomic E-state index is 9.78. The minimum Gasteiger partial charge on any atom is -0.444 e. The Bertz CT molecular complexity index is 459. The number of rotatable bonds is 6. The largest absolute Gasteiger partial charge is 0.444 e. The third-order valence-corrected chi connectivity index (χ3v) is 2.69. The SMILES string of the molecule is Cc1nc(CNCC(O)Cn2cccn2)oc1C. The van der Waals surface area contributed by atoms with Crippen molar-refractivity contribution in [3.05, 3.63) is 35.8 Å². The van der Waals surface area contributed by atoms with E-state index in [9.17, 15) is 5.11 Å². The van der Waals surface area contributed by atoms with E-state index < -0.39 is 6.10 Å². The Morgan fingerprint density at radius 1 is 1.50 bits per heavy atom. The quantitative estimate of drug-likeness (QED) is 0.786. The molecule has 0 radical (unpaired) electrons. The molecule has 1 atom stereocenters. The number of aryl methyl sites for hydroxylation is 2. The molecule has 1 unspecified atom stereocenters. The van der Waals surface area contributed by atoms with Crippen molar-refractivity contribution >= 4 is 0 Å². The second-order valence-corrected chi connectivity index (χ2v) is 4.26. The molecular formula is C12H18N4O2. The van der Waals surface area contributed by atoms with E-state index in [1.165, 1.54) is 0 Å². The first-order chi connectivity index (χ1) is 8.65. The number of oxazole rings is 1. The molecule has 0 fully saturated rings. The summed E-state index contributed by atoms with van der Waals surface area (Å²) in [7, 11) is 0. The second kappa shape index (κ2) is 5.79. The molecule has 0 saturated carbocycles. The van der Waals surface area contributed by atoms with Crippen LogP contribution in [0.4, 0.5) is 0 Å². The summed E-state index contributed by atoms with van der Waals surface area (Å²) in [5.74, 6) is 1.49. The van der Waals surface area contributed by atoms with Gasteiger partial charge < -0.3 is 14.8 Å². The van der Waals surface area contributed by atoms with Crippen LogP contribution in [0.25, 0.3) is 0 Å². The van der Waals surface area contributed by atoms with Crippen molar-refractivity contribution in [3.63, 3.8) is 0 Å². The Kier molecular flexibility index (Phi) is 4.11. The minimum atomic E-state index is -0.484. The summed E-state index contributed by atoms with van der Waals surface area (Å²) in [6.07, 6.45) is 3.03. The average molecular weight is 250 g/mol. The zero-order valence-corrected chi connectivity index (χ0v) is 10.6. The molecule has 2 aromatic rings. The van der Waals surface area contributed by atoms with Crippen molar-refractivity contribution in [2.75, 3.05) is 6.54 Å². The van der Waals surface area contributed by atoms with Crippen LogP contribution >= 0.6 is 0 Å². The fourth-order valence-electron chi connectivity index (χ4n) is 1.65. The van der Waals surface area contributed by atoms with Gasteiger partial charge in [0, 0.05) is 18.9 Å². The van der Waals surface area contributed by atoms with Gasteiger partial charge in [-0.15, -0.1) is 0 Å². The third-order valence-electron chi connectivity index (χ3n) is 2.69. The van der Waals surface area contributed by atoms with Gasteiger partial charge in [0.25, 0.3) is 0 Å². The molecule has 0 aromatic carbocycles. The number of nitrogens with zero attached hydrogens (tertiary/aromatic N) is 3. The van der Waals surface area contributed by atoms with Crippen molar-refractivity contribution in [2.24, 2.45) is 0 Å². The zero-order chi connectivity index (χ0) is 13.0. The normalized spacial score (nSPS) is 12.8. The van der Waals surface area contributed by atoms with E-state index in [1.807, 2.05) is 26.1 Å². The fraction of sp³-hybridized carbons (Fsp3) is 0.500. The summed E-state index contributed by atoms with van der Waals surface area (Å²) in [5, 5.41) is 16.9. The third kappa shape index (κ3) is 3.41. The lowest BCUT2D eigenvalue weighted by molar-refractivity contribution is 0.145. The second-order valence-electron chi connectivity index (χ2n) is 4.26. The van der Waals surface area contributed by atoms with Gasteiger partial charge in [-0.25, -0.2) is 4.98 Å². The molecule has 2 aromatic heterocycles. The summed E-state index contributed by atoms with van der Waals surface area (Å²) in [5.41, 5.74) is 0.906. The minimum absolute atomic E-state index is 0.473. The first-order valence-electron chi connectivity index (χ1n) is 5.94. The molecule has 0 saturated heterocycles. The van der Waals surface area contributed by atoms with Crippen molar-refractivity contribution in [2.45, 2.75) is 33.0 Å². The Morgan fingerprint density at radius 2 is 2.33 bits per heavy atom. The van der Waals surface area contributed by atoms with E-state index >= 15 is 0 Å². The molecule has 0 aliphatic heterocycles. The molecule has 98 valence electrons. The van der Waals surface area contributed by atoms with Crippen LogP contribution in [0.15, 0.2) is 22.9 Å². The van der Waals surface area contributed by atoms with Crippen molar-refractivity contribution in [1.29, 1.82) is 0 Å². The highest BCUT2D eigenvalue weighted by Gasteiger charge is 2.08. The van der Waals surface area contributed by atoms with E-state index in [2.05, 4.69) is 15.4 Å². The monoisotopic (exact) mass is 250 g/mol. The predicted octanol–water partition coefficient (Wildman–Crippen LogP) is 0.639. The summed E-state index contributed by atoms with van der Waals surface area (Å²) < 4.78 is 7.13. The standard InChI is InChI=1S/C12H18N4O2/c1-9-10(2)18-12(15-9)7-13-6-11(17)8-16-5-3-4-14-16/h3-5,11,13,17H,6-8H2,1-2H3. The molecule has 0 amide bonds. The smallest absolute Gasteiger partial charge is 0.208 e. The molecule has 2 rings (SSSR count). The van der Waals surface area contributed by atoms with Crippen LogP contribution < -0.4 is 5.32 Å². The number of hydrogen-bond donors (Lipinski definition) is 2. The van der Waals surface area contributed by atoms with Crippen molar-refractivity contribution < 1.29 is 9.52 Å². The van der Waals surface area contributed by atoms with Gasteiger partial charge >= 0.3 is 0 Å². The zero-order valence-electron chi connectivity index (χ0n) is 10.6. The summed E-state index contributed by atoms with van der Waals surface area (Å²) in [6, 6.07) is 1.83. The topological polar surface area (TPSA) is 76.1 Å². The highest BCUT2D eigenvalue weighted by molar-refractivity contribution is 5.05. The molecule has 2 N–H and O–H groups in total. The molecule has 6 nitrogen and oxygen atoms in total. The van der Waals surface area contributed by atoms with Crippen LogP contribution in [-0.4, -0.2) is 32.5 Å². The number of nitrogens with one attached hydrogen (secondary N) is 1. The molecule has 6 heteroatoms. The highest BCUT2D eigenvalue weighted by Crippen LogP contribution is 2.07. The lowest BCUT2D eigenvalue weighted by Crippen LogP contribution is -2.30. The number of aromatic nitrogens is 3. The van der Waals surface area contributed by atoms with Crippen LogP contribution in [0.1, 0.15) is 17.3 Å². The Balaban J connectivity index is 1.71. The first kappa shape index (κ1) is 12.8. The van der Waals surface area contributed by atoms with Crippen LogP contribution in [-0.2, 0) is 13.1 Å². The number of hydrogen-bond acceptors (Lipinski definition) is 5. The van der Waals surface area contributed by atoms with E-state index in [1.54, 1.807) is 10.9 Å². The summed E-state index contributed by atoms with van der Waals surface area (Å²) in [4.78, 5) is 4.25. The van der Waals surface area contributed by atoms with Crippen LogP contribution in [0, 0.1) is 13.8 Å². The van der Waals surface area contributed by atoms with Gasteiger partial charge in [-0.2, -0.15) is 5.10 Å². The molecule has 2 heterocycles. The molecule has 0 aliphatic carbocycles. The Labute approximate surface area is 106 Å². The van der Waals surface area contributed by atoms with Gasteiger partial charge in [0.2, 0.25) is 5.89 Å². The van der Waals surface area contributed by atoms with Crippen molar-refractivity contribution in [1.82, 2.24) is 20.1 Å². The molecular weight excluding hydrogens is 232 g/mol. The maximum Gasteiger partial charge on any atom is 0.208 e. The van der Waals surface area contributed by atoms with Crippen molar-refractivity contribution in [3.8, 4) is 0 Å². The van der Waals surface area contributed by atoms with Gasteiger partial charge in [-0.1, -0.05) is 0 Å². The summed E-state index contributed by atoms with van der Waals surface area (Å²) in [6.45, 7) is 5.27. The Hall–Kier alpha value is -1.66. The van der Waals surface area contributed by atoms with E-state index in [4.69, 9.17) is 4.42 Å². The molecule has 0 aliphatic rings. The van der Waals surface area contributed by atoms with Gasteiger partial charge in [0.15, 0.2) is 0 Å². The highest BCUT2D eigenvalue weighted by atomic mass is 16.4. The predicted molar refractivity (Wildman–Crippen MR) is 65.9 cm³/mol. The summed E-state index contributed by atoms with van der Waals surface area (Å²) >= 11 is 0. The van der Waals surface area contributed by atoms with Crippen LogP contribution in [0.3, 0.4) is 0 Å². The molecule has 0 bridgehead atoms. The lowest BCUT2D eigenvalue weighted by atomic mass is 10.3. The first-order valence-corrected chi connectivity index (χ1v) is 5.94. The maximum atomic E-state index is 9.78. The average Bonchev–Trinajstić information content (AvgIpc) is 2.90. The Morgan fingerprint density at radius 3 is 2.94 bits per heavy atom. The van der Waals surface area contributed by atoms with Gasteiger partial charge in [0.05, 0.1) is 24.9 Å².